The van der Waals surface area contributed by atoms with Crippen molar-refractivity contribution in [3.63, 3.8) is 0 Å². The van der Waals surface area contributed by atoms with Crippen LogP contribution in [-0.4, -0.2) is 25.1 Å². The van der Waals surface area contributed by atoms with E-state index in [1.807, 2.05) is 26.0 Å². The van der Waals surface area contributed by atoms with E-state index in [1.54, 1.807) is 36.8 Å². The van der Waals surface area contributed by atoms with Gasteiger partial charge in [-0.3, -0.25) is 4.99 Å². The van der Waals surface area contributed by atoms with E-state index in [0.29, 0.717) is 0 Å². The third-order valence-electron chi connectivity index (χ3n) is 4.15. The monoisotopic (exact) mass is 400 g/mol. The maximum Gasteiger partial charge on any atom is 0.191 e. The van der Waals surface area contributed by atoms with Gasteiger partial charge in [0.25, 0.3) is 0 Å². The summed E-state index contributed by atoms with van der Waals surface area (Å²) in [6.45, 7) is 5.55. The second-order valence-corrected chi connectivity index (χ2v) is 8.33. The quantitative estimate of drug-likeness (QED) is 0.477. The Balaban J connectivity index is 1.55. The van der Waals surface area contributed by atoms with Gasteiger partial charge >= 0.3 is 0 Å². The van der Waals surface area contributed by atoms with Crippen LogP contribution in [-0.2, 0) is 13.1 Å². The molecule has 0 aliphatic carbocycles. The Bertz CT molecular complexity index is 912. The summed E-state index contributed by atoms with van der Waals surface area (Å²) in [4.78, 5) is 11.3. The molecule has 2 heterocycles. The minimum Gasteiger partial charge on any atom is -0.497 e. The number of methoxy groups -OCH3 is 1. The maximum atomic E-state index is 5.22. The minimum atomic E-state index is 0.735. The van der Waals surface area contributed by atoms with Crippen LogP contribution < -0.4 is 15.4 Å². The number of hydrogen-bond acceptors (Lipinski definition) is 5. The molecule has 0 aliphatic rings. The molecular weight excluding hydrogens is 376 g/mol. The normalized spacial score (nSPS) is 11.5. The summed E-state index contributed by atoms with van der Waals surface area (Å²) in [5, 5.41) is 10.0. The molecule has 0 spiro atoms. The van der Waals surface area contributed by atoms with Crippen molar-refractivity contribution in [3.05, 3.63) is 56.2 Å². The number of thiazole rings is 1. The fourth-order valence-electron chi connectivity index (χ4n) is 2.70. The highest BCUT2D eigenvalue weighted by molar-refractivity contribution is 7.11. The number of aromatic nitrogens is 1. The van der Waals surface area contributed by atoms with E-state index in [1.165, 1.54) is 20.9 Å². The van der Waals surface area contributed by atoms with Crippen LogP contribution in [0, 0.1) is 13.8 Å². The second-order valence-electron chi connectivity index (χ2n) is 6.05. The van der Waals surface area contributed by atoms with Crippen LogP contribution in [0.4, 0.5) is 0 Å². The van der Waals surface area contributed by atoms with Crippen LogP contribution in [0.1, 0.15) is 20.5 Å². The molecule has 2 aromatic heterocycles. The number of aliphatic imine (C=N–C) groups is 1. The molecule has 3 aromatic rings. The number of ether oxygens (including phenoxy) is 1. The summed E-state index contributed by atoms with van der Waals surface area (Å²) < 4.78 is 5.22. The van der Waals surface area contributed by atoms with E-state index < -0.39 is 0 Å². The zero-order valence-corrected chi connectivity index (χ0v) is 17.6. The Labute approximate surface area is 168 Å². The number of benzene rings is 1. The Morgan fingerprint density at radius 2 is 1.85 bits per heavy atom. The Hall–Kier alpha value is -2.38. The molecule has 0 unspecified atom stereocenters. The van der Waals surface area contributed by atoms with Crippen LogP contribution in [0.15, 0.2) is 40.7 Å². The molecule has 3 rings (SSSR count). The summed E-state index contributed by atoms with van der Waals surface area (Å²) in [5.74, 6) is 1.66. The third kappa shape index (κ3) is 5.08. The van der Waals surface area contributed by atoms with Crippen molar-refractivity contribution in [1.82, 2.24) is 15.6 Å². The highest BCUT2D eigenvalue weighted by atomic mass is 32.1. The Morgan fingerprint density at radius 1 is 1.11 bits per heavy atom. The first-order valence-corrected chi connectivity index (χ1v) is 10.4. The van der Waals surface area contributed by atoms with Gasteiger partial charge in [0.1, 0.15) is 5.75 Å². The van der Waals surface area contributed by atoms with Gasteiger partial charge in [-0.15, -0.1) is 22.7 Å². The van der Waals surface area contributed by atoms with Crippen molar-refractivity contribution < 1.29 is 4.74 Å². The number of guanidine groups is 1. The molecule has 0 aliphatic heterocycles. The second kappa shape index (κ2) is 9.01. The predicted octanol–water partition coefficient (Wildman–Crippen LogP) is 4.36. The molecule has 2 N–H and O–H groups in total. The molecule has 142 valence electrons. The van der Waals surface area contributed by atoms with E-state index >= 15 is 0 Å². The molecule has 1 aromatic carbocycles. The number of rotatable bonds is 6. The lowest BCUT2D eigenvalue weighted by Gasteiger charge is -2.10. The van der Waals surface area contributed by atoms with Gasteiger partial charge in [-0.05, 0) is 48.6 Å². The zero-order chi connectivity index (χ0) is 19.2. The number of nitrogens with one attached hydrogen (secondary N) is 2. The van der Waals surface area contributed by atoms with E-state index in [-0.39, 0.29) is 0 Å². The van der Waals surface area contributed by atoms with Gasteiger partial charge in [0.2, 0.25) is 0 Å². The first kappa shape index (κ1) is 19.4. The molecule has 0 atom stereocenters. The Kier molecular flexibility index (Phi) is 6.47. The van der Waals surface area contributed by atoms with Crippen LogP contribution in [0.2, 0.25) is 0 Å². The topological polar surface area (TPSA) is 58.5 Å². The smallest absolute Gasteiger partial charge is 0.191 e. The fourth-order valence-corrected chi connectivity index (χ4v) is 4.41. The molecule has 0 fully saturated rings. The summed E-state index contributed by atoms with van der Waals surface area (Å²) in [7, 11) is 3.47. The van der Waals surface area contributed by atoms with Crippen molar-refractivity contribution in [2.45, 2.75) is 26.9 Å². The van der Waals surface area contributed by atoms with Crippen LogP contribution in [0.25, 0.3) is 11.1 Å². The van der Waals surface area contributed by atoms with Gasteiger partial charge in [0, 0.05) is 16.8 Å². The fraction of sp³-hybridized carbons (Fsp3) is 0.300. The van der Waals surface area contributed by atoms with E-state index in [4.69, 9.17) is 4.74 Å². The number of thiophene rings is 1. The van der Waals surface area contributed by atoms with Crippen molar-refractivity contribution in [2.75, 3.05) is 14.2 Å². The molecule has 27 heavy (non-hydrogen) atoms. The maximum absolute atomic E-state index is 5.22. The first-order chi connectivity index (χ1) is 13.1. The van der Waals surface area contributed by atoms with E-state index in [9.17, 15) is 0 Å². The molecule has 0 saturated carbocycles. The van der Waals surface area contributed by atoms with Gasteiger partial charge in [0.15, 0.2) is 5.96 Å². The molecule has 7 heteroatoms. The number of aryl methyl sites for hydroxylation is 2. The molecule has 5 nitrogen and oxygen atoms in total. The number of hydrogen-bond donors (Lipinski definition) is 2. The molecule has 0 radical (unpaired) electrons. The lowest BCUT2D eigenvalue weighted by molar-refractivity contribution is 0.415. The highest BCUT2D eigenvalue weighted by Gasteiger charge is 2.07. The van der Waals surface area contributed by atoms with Crippen LogP contribution in [0.3, 0.4) is 0 Å². The average molecular weight is 401 g/mol. The standard InChI is InChI=1S/C20H24N4OS2/c1-13-19(27-14(2)24-13)11-23-20(21-3)22-10-18-9-16(12-26-18)15-5-7-17(25-4)8-6-15/h5-9,12H,10-11H2,1-4H3,(H2,21,22,23). The molecule has 0 saturated heterocycles. The van der Waals surface area contributed by atoms with Crippen molar-refractivity contribution >= 4 is 28.6 Å². The van der Waals surface area contributed by atoms with E-state index in [0.717, 1.165) is 35.5 Å². The lowest BCUT2D eigenvalue weighted by Crippen LogP contribution is -2.36. The average Bonchev–Trinajstić information content (AvgIpc) is 3.28. The summed E-state index contributed by atoms with van der Waals surface area (Å²) in [6.07, 6.45) is 0. The van der Waals surface area contributed by atoms with Crippen LogP contribution >= 0.6 is 22.7 Å². The van der Waals surface area contributed by atoms with Gasteiger partial charge < -0.3 is 15.4 Å². The van der Waals surface area contributed by atoms with E-state index in [2.05, 4.69) is 44.2 Å². The van der Waals surface area contributed by atoms with Gasteiger partial charge in [-0.1, -0.05) is 12.1 Å². The third-order valence-corrected chi connectivity index (χ3v) is 6.16. The zero-order valence-electron chi connectivity index (χ0n) is 16.0. The highest BCUT2D eigenvalue weighted by Crippen LogP contribution is 2.27. The summed E-state index contributed by atoms with van der Waals surface area (Å²) in [5.41, 5.74) is 3.50. The predicted molar refractivity (Wildman–Crippen MR) is 115 cm³/mol. The van der Waals surface area contributed by atoms with Gasteiger partial charge in [-0.25, -0.2) is 4.98 Å². The summed E-state index contributed by atoms with van der Waals surface area (Å²) >= 11 is 3.46. The first-order valence-electron chi connectivity index (χ1n) is 8.68. The van der Waals surface area contributed by atoms with Crippen molar-refractivity contribution in [3.8, 4) is 16.9 Å². The number of nitrogens with zero attached hydrogens (tertiary/aromatic N) is 2. The molecular formula is C20H24N4OS2. The minimum absolute atomic E-state index is 0.735. The largest absolute Gasteiger partial charge is 0.497 e. The van der Waals surface area contributed by atoms with Crippen molar-refractivity contribution in [1.29, 1.82) is 0 Å². The Morgan fingerprint density at radius 3 is 2.48 bits per heavy atom. The SMILES string of the molecule is CN=C(NCc1cc(-c2ccc(OC)cc2)cs1)NCc1sc(C)nc1C. The lowest BCUT2D eigenvalue weighted by atomic mass is 10.1. The molecule has 0 bridgehead atoms. The van der Waals surface area contributed by atoms with Gasteiger partial charge in [0.05, 0.1) is 30.9 Å². The van der Waals surface area contributed by atoms with Crippen LogP contribution in [0.5, 0.6) is 5.75 Å². The van der Waals surface area contributed by atoms with Crippen molar-refractivity contribution in [2.24, 2.45) is 4.99 Å². The molecule has 0 amide bonds. The van der Waals surface area contributed by atoms with Gasteiger partial charge in [-0.2, -0.15) is 0 Å². The summed E-state index contributed by atoms with van der Waals surface area (Å²) in [6, 6.07) is 10.3.